The molecule has 0 unspecified atom stereocenters. The van der Waals surface area contributed by atoms with Crippen molar-refractivity contribution in [1.82, 2.24) is 10.6 Å². The topological polar surface area (TPSA) is 50.4 Å². The molecule has 34 heavy (non-hydrogen) atoms. The van der Waals surface area contributed by atoms with Crippen LogP contribution < -0.4 is 10.6 Å². The molecule has 0 radical (unpaired) electrons. The van der Waals surface area contributed by atoms with Gasteiger partial charge in [0.15, 0.2) is 0 Å². The second kappa shape index (κ2) is 10.4. The molecule has 1 saturated carbocycles. The Kier molecular flexibility index (Phi) is 7.52. The quantitative estimate of drug-likeness (QED) is 0.584. The highest BCUT2D eigenvalue weighted by molar-refractivity contribution is 5.80. The maximum atomic E-state index is 15.1. The van der Waals surface area contributed by atoms with E-state index in [0.717, 1.165) is 25.2 Å². The first-order valence-electron chi connectivity index (χ1n) is 11.5. The van der Waals surface area contributed by atoms with Crippen molar-refractivity contribution in [2.45, 2.75) is 62.7 Å². The molecule has 184 valence electrons. The zero-order chi connectivity index (χ0) is 24.3. The van der Waals surface area contributed by atoms with Crippen LogP contribution in [0, 0.1) is 17.5 Å². The van der Waals surface area contributed by atoms with Crippen molar-refractivity contribution in [3.63, 3.8) is 0 Å². The summed E-state index contributed by atoms with van der Waals surface area (Å²) >= 11 is 0. The SMILES string of the molecule is O=C(Cc1cccc(-c2cc(F)cc(F)c2)c1F)N[C@@H]1[C@@H](OC2CCNCC2)CCCC1(F)F. The van der Waals surface area contributed by atoms with Gasteiger partial charge in [-0.25, -0.2) is 22.0 Å². The Labute approximate surface area is 194 Å². The average Bonchev–Trinajstić information content (AvgIpc) is 2.77. The van der Waals surface area contributed by atoms with Gasteiger partial charge in [0.25, 0.3) is 5.92 Å². The van der Waals surface area contributed by atoms with Gasteiger partial charge in [0, 0.05) is 18.1 Å². The first-order chi connectivity index (χ1) is 16.2. The number of halogens is 5. The molecule has 2 fully saturated rings. The lowest BCUT2D eigenvalue weighted by molar-refractivity contribution is -0.154. The van der Waals surface area contributed by atoms with E-state index in [0.29, 0.717) is 25.3 Å². The largest absolute Gasteiger partial charge is 0.373 e. The van der Waals surface area contributed by atoms with Gasteiger partial charge in [-0.1, -0.05) is 18.2 Å². The number of hydrogen-bond acceptors (Lipinski definition) is 3. The number of piperidine rings is 1. The van der Waals surface area contributed by atoms with Crippen molar-refractivity contribution in [3.05, 3.63) is 59.4 Å². The number of ether oxygens (including phenoxy) is 1. The highest BCUT2D eigenvalue weighted by Crippen LogP contribution is 2.36. The third kappa shape index (κ3) is 5.75. The van der Waals surface area contributed by atoms with E-state index in [1.807, 2.05) is 0 Å². The Balaban J connectivity index is 1.49. The van der Waals surface area contributed by atoms with Gasteiger partial charge in [-0.15, -0.1) is 0 Å². The molecule has 1 aliphatic heterocycles. The van der Waals surface area contributed by atoms with E-state index >= 15 is 4.39 Å². The number of rotatable bonds is 6. The summed E-state index contributed by atoms with van der Waals surface area (Å²) in [6, 6.07) is 5.26. The second-order valence-corrected chi connectivity index (χ2v) is 8.94. The summed E-state index contributed by atoms with van der Waals surface area (Å²) in [5.74, 6) is -6.48. The Morgan fingerprint density at radius 2 is 1.76 bits per heavy atom. The molecule has 2 N–H and O–H groups in total. The first-order valence-corrected chi connectivity index (χ1v) is 11.5. The van der Waals surface area contributed by atoms with E-state index < -0.39 is 47.8 Å². The Morgan fingerprint density at radius 3 is 2.47 bits per heavy atom. The van der Waals surface area contributed by atoms with Crippen LogP contribution in [0.25, 0.3) is 11.1 Å². The van der Waals surface area contributed by atoms with Gasteiger partial charge in [-0.2, -0.15) is 0 Å². The molecule has 0 bridgehead atoms. The van der Waals surface area contributed by atoms with Crippen LogP contribution in [0.15, 0.2) is 36.4 Å². The third-order valence-electron chi connectivity index (χ3n) is 6.40. The minimum absolute atomic E-state index is 0.0218. The summed E-state index contributed by atoms with van der Waals surface area (Å²) in [5, 5.41) is 5.58. The molecule has 2 aromatic rings. The molecule has 0 spiro atoms. The standard InChI is InChI=1S/C25H27F5N2O2/c26-17-11-16(12-18(27)14-17)20-4-1-3-15(23(20)28)13-22(33)32-24-21(5-2-8-25(24,29)30)34-19-6-9-31-10-7-19/h1,3-4,11-12,14,19,21,24,31H,2,5-10,13H2,(H,32,33)/t21-,24+/m0/s1. The second-order valence-electron chi connectivity index (χ2n) is 8.94. The number of benzene rings is 2. The van der Waals surface area contributed by atoms with Crippen LogP contribution in [-0.2, 0) is 16.0 Å². The van der Waals surface area contributed by atoms with Crippen molar-refractivity contribution < 1.29 is 31.5 Å². The minimum Gasteiger partial charge on any atom is -0.373 e. The van der Waals surface area contributed by atoms with Crippen LogP contribution >= 0.6 is 0 Å². The molecule has 4 rings (SSSR count). The first kappa shape index (κ1) is 24.6. The lowest BCUT2D eigenvalue weighted by Gasteiger charge is -2.40. The van der Waals surface area contributed by atoms with E-state index in [4.69, 9.17) is 4.74 Å². The van der Waals surface area contributed by atoms with Gasteiger partial charge in [0.1, 0.15) is 23.5 Å². The fourth-order valence-electron chi connectivity index (χ4n) is 4.70. The number of hydrogen-bond donors (Lipinski definition) is 2. The molecule has 2 aliphatic rings. The van der Waals surface area contributed by atoms with Crippen LogP contribution in [0.3, 0.4) is 0 Å². The summed E-state index contributed by atoms with van der Waals surface area (Å²) in [6.07, 6.45) is 0.268. The van der Waals surface area contributed by atoms with Gasteiger partial charge >= 0.3 is 0 Å². The zero-order valence-corrected chi connectivity index (χ0v) is 18.6. The van der Waals surface area contributed by atoms with Crippen molar-refractivity contribution >= 4 is 5.91 Å². The summed E-state index contributed by atoms with van der Waals surface area (Å²) in [7, 11) is 0. The average molecular weight is 482 g/mol. The number of amides is 1. The van der Waals surface area contributed by atoms with Crippen molar-refractivity contribution in [2.75, 3.05) is 13.1 Å². The van der Waals surface area contributed by atoms with Gasteiger partial charge < -0.3 is 15.4 Å². The van der Waals surface area contributed by atoms with E-state index in [1.165, 1.54) is 18.2 Å². The maximum absolute atomic E-state index is 15.1. The monoisotopic (exact) mass is 482 g/mol. The minimum atomic E-state index is -3.15. The number of nitrogens with one attached hydrogen (secondary N) is 2. The Bertz CT molecular complexity index is 1010. The number of alkyl halides is 2. The third-order valence-corrected chi connectivity index (χ3v) is 6.40. The highest BCUT2D eigenvalue weighted by Gasteiger charge is 2.49. The Hall–Kier alpha value is -2.52. The molecule has 1 aliphatic carbocycles. The number of carbonyl (C=O) groups excluding carboxylic acids is 1. The fourth-order valence-corrected chi connectivity index (χ4v) is 4.70. The highest BCUT2D eigenvalue weighted by atomic mass is 19.3. The molecular formula is C25H27F5N2O2. The molecule has 9 heteroatoms. The molecule has 4 nitrogen and oxygen atoms in total. The molecule has 1 amide bonds. The number of carbonyl (C=O) groups is 1. The van der Waals surface area contributed by atoms with E-state index in [2.05, 4.69) is 10.6 Å². The van der Waals surface area contributed by atoms with Crippen LogP contribution in [0.1, 0.15) is 37.7 Å². The van der Waals surface area contributed by atoms with Gasteiger partial charge in [-0.05, 0) is 62.0 Å². The lowest BCUT2D eigenvalue weighted by Crippen LogP contribution is -2.58. The molecular weight excluding hydrogens is 455 g/mol. The zero-order valence-electron chi connectivity index (χ0n) is 18.6. The fraction of sp³-hybridized carbons (Fsp3) is 0.480. The smallest absolute Gasteiger partial charge is 0.270 e. The molecule has 2 atom stereocenters. The summed E-state index contributed by atoms with van der Waals surface area (Å²) in [5.41, 5.74) is -0.167. The summed E-state index contributed by atoms with van der Waals surface area (Å²) in [6.45, 7) is 1.49. The van der Waals surface area contributed by atoms with Gasteiger partial charge in [0.2, 0.25) is 5.91 Å². The van der Waals surface area contributed by atoms with Crippen LogP contribution in [-0.4, -0.2) is 43.2 Å². The van der Waals surface area contributed by atoms with Crippen molar-refractivity contribution in [3.8, 4) is 11.1 Å². The normalized spacial score (nSPS) is 23.0. The Morgan fingerprint density at radius 1 is 1.06 bits per heavy atom. The molecule has 2 aromatic carbocycles. The predicted molar refractivity (Wildman–Crippen MR) is 117 cm³/mol. The summed E-state index contributed by atoms with van der Waals surface area (Å²) in [4.78, 5) is 12.7. The molecule has 1 saturated heterocycles. The van der Waals surface area contributed by atoms with E-state index in [9.17, 15) is 22.4 Å². The lowest BCUT2D eigenvalue weighted by atomic mass is 9.88. The van der Waals surface area contributed by atoms with Crippen LogP contribution in [0.2, 0.25) is 0 Å². The molecule has 0 aromatic heterocycles. The maximum Gasteiger partial charge on any atom is 0.270 e. The van der Waals surface area contributed by atoms with Crippen molar-refractivity contribution in [2.24, 2.45) is 0 Å². The van der Waals surface area contributed by atoms with E-state index in [1.54, 1.807) is 0 Å². The summed E-state index contributed by atoms with van der Waals surface area (Å²) < 4.78 is 77.8. The van der Waals surface area contributed by atoms with E-state index in [-0.39, 0.29) is 35.6 Å². The van der Waals surface area contributed by atoms with Crippen molar-refractivity contribution in [1.29, 1.82) is 0 Å². The van der Waals surface area contributed by atoms with Crippen LogP contribution in [0.5, 0.6) is 0 Å². The molecule has 1 heterocycles. The van der Waals surface area contributed by atoms with Gasteiger partial charge in [-0.3, -0.25) is 4.79 Å². The predicted octanol–water partition coefficient (Wildman–Crippen LogP) is 4.75. The van der Waals surface area contributed by atoms with Gasteiger partial charge in [0.05, 0.1) is 18.6 Å². The van der Waals surface area contributed by atoms with Crippen LogP contribution in [0.4, 0.5) is 22.0 Å².